The molecule has 0 fully saturated rings. The van der Waals surface area contributed by atoms with Gasteiger partial charge in [0.15, 0.2) is 0 Å². The molecule has 0 unspecified atom stereocenters. The Labute approximate surface area is 91.0 Å². The van der Waals surface area contributed by atoms with E-state index in [4.69, 9.17) is 4.74 Å². The minimum Gasteiger partial charge on any atom is -0.380 e. The van der Waals surface area contributed by atoms with E-state index < -0.39 is 0 Å². The van der Waals surface area contributed by atoms with Crippen molar-refractivity contribution in [1.29, 1.82) is 0 Å². The molecule has 0 radical (unpaired) electrons. The maximum atomic E-state index is 5.24. The summed E-state index contributed by atoms with van der Waals surface area (Å²) >= 11 is 0. The predicted octanol–water partition coefficient (Wildman–Crippen LogP) is 2.08. The van der Waals surface area contributed by atoms with Crippen LogP contribution in [0, 0.1) is 0 Å². The first-order valence-electron chi connectivity index (χ1n) is 5.38. The van der Waals surface area contributed by atoms with E-state index in [0.717, 1.165) is 26.1 Å². The van der Waals surface area contributed by atoms with Gasteiger partial charge in [0.1, 0.15) is 0 Å². The zero-order chi connectivity index (χ0) is 10.5. The van der Waals surface area contributed by atoms with Gasteiger partial charge in [0.2, 0.25) is 0 Å². The van der Waals surface area contributed by atoms with E-state index in [0.29, 0.717) is 0 Å². The molecule has 1 heterocycles. The van der Waals surface area contributed by atoms with Crippen molar-refractivity contribution in [2.24, 2.45) is 0 Å². The van der Waals surface area contributed by atoms with Crippen LogP contribution in [0.4, 0.5) is 0 Å². The van der Waals surface area contributed by atoms with Gasteiger partial charge < -0.3 is 10.1 Å². The molecule has 0 saturated heterocycles. The highest BCUT2D eigenvalue weighted by molar-refractivity contribution is 5.70. The molecule has 1 aromatic carbocycles. The Hall–Kier alpha value is -1.12. The predicted molar refractivity (Wildman–Crippen MR) is 62.7 cm³/mol. The van der Waals surface area contributed by atoms with Crippen molar-refractivity contribution in [1.82, 2.24) is 5.32 Å². The lowest BCUT2D eigenvalue weighted by atomic mass is 9.95. The van der Waals surface area contributed by atoms with Gasteiger partial charge in [-0.2, -0.15) is 0 Å². The smallest absolute Gasteiger partial charge is 0.0691 e. The Bertz CT molecular complexity index is 343. The molecule has 0 amide bonds. The number of benzene rings is 1. The summed E-state index contributed by atoms with van der Waals surface area (Å²) in [7, 11) is 1.75. The third kappa shape index (κ3) is 2.46. The first kappa shape index (κ1) is 10.4. The highest BCUT2D eigenvalue weighted by Crippen LogP contribution is 2.24. The Morgan fingerprint density at radius 2 is 2.07 bits per heavy atom. The second kappa shape index (κ2) is 5.10. The largest absolute Gasteiger partial charge is 0.380 e. The average Bonchev–Trinajstić information content (AvgIpc) is 2.31. The third-order valence-corrected chi connectivity index (χ3v) is 2.76. The Kier molecular flexibility index (Phi) is 3.54. The van der Waals surface area contributed by atoms with Crippen LogP contribution < -0.4 is 5.32 Å². The minimum absolute atomic E-state index is 0.733. The second-order valence-electron chi connectivity index (χ2n) is 3.81. The van der Waals surface area contributed by atoms with E-state index in [-0.39, 0.29) is 0 Å². The van der Waals surface area contributed by atoms with Crippen LogP contribution in [-0.4, -0.2) is 26.8 Å². The number of rotatable bonds is 3. The summed E-state index contributed by atoms with van der Waals surface area (Å²) < 4.78 is 5.24. The van der Waals surface area contributed by atoms with Crippen LogP contribution in [0.1, 0.15) is 12.0 Å². The maximum Gasteiger partial charge on any atom is 0.0691 e. The van der Waals surface area contributed by atoms with Crippen molar-refractivity contribution in [2.45, 2.75) is 6.42 Å². The molecule has 0 atom stereocenters. The van der Waals surface area contributed by atoms with Gasteiger partial charge in [0.05, 0.1) is 6.61 Å². The van der Waals surface area contributed by atoms with Gasteiger partial charge in [-0.15, -0.1) is 0 Å². The lowest BCUT2D eigenvalue weighted by Gasteiger charge is -2.21. The summed E-state index contributed by atoms with van der Waals surface area (Å²) in [6.07, 6.45) is 1.10. The number of hydrogen-bond acceptors (Lipinski definition) is 2. The summed E-state index contributed by atoms with van der Waals surface area (Å²) in [6, 6.07) is 10.6. The summed E-state index contributed by atoms with van der Waals surface area (Å²) in [5.41, 5.74) is 4.18. The van der Waals surface area contributed by atoms with E-state index in [2.05, 4.69) is 35.6 Å². The summed E-state index contributed by atoms with van der Waals surface area (Å²) in [5.74, 6) is 0. The van der Waals surface area contributed by atoms with Crippen LogP contribution in [0.5, 0.6) is 0 Å². The molecule has 80 valence electrons. The minimum atomic E-state index is 0.733. The molecule has 0 saturated carbocycles. The molecule has 2 rings (SSSR count). The van der Waals surface area contributed by atoms with E-state index in [1.807, 2.05) is 0 Å². The fraction of sp³-hybridized carbons (Fsp3) is 0.385. The van der Waals surface area contributed by atoms with Crippen molar-refractivity contribution >= 4 is 5.57 Å². The molecule has 0 bridgehead atoms. The molecule has 1 aliphatic heterocycles. The van der Waals surface area contributed by atoms with Crippen LogP contribution in [0.2, 0.25) is 0 Å². The number of hydrogen-bond donors (Lipinski definition) is 1. The van der Waals surface area contributed by atoms with E-state index in [1.165, 1.54) is 16.7 Å². The van der Waals surface area contributed by atoms with Gasteiger partial charge in [-0.1, -0.05) is 30.3 Å². The van der Waals surface area contributed by atoms with Gasteiger partial charge in [-0.05, 0) is 29.7 Å². The lowest BCUT2D eigenvalue weighted by Crippen LogP contribution is -2.26. The van der Waals surface area contributed by atoms with E-state index in [1.54, 1.807) is 7.11 Å². The van der Waals surface area contributed by atoms with Gasteiger partial charge >= 0.3 is 0 Å². The first-order chi connectivity index (χ1) is 7.42. The molecule has 15 heavy (non-hydrogen) atoms. The molecule has 0 spiro atoms. The van der Waals surface area contributed by atoms with Gasteiger partial charge in [0.25, 0.3) is 0 Å². The van der Waals surface area contributed by atoms with E-state index in [9.17, 15) is 0 Å². The van der Waals surface area contributed by atoms with Crippen LogP contribution in [-0.2, 0) is 4.74 Å². The molecule has 1 aliphatic rings. The molecular formula is C13H17NO. The molecule has 1 aromatic rings. The Balaban J connectivity index is 2.30. The number of ether oxygens (including phenoxy) is 1. The van der Waals surface area contributed by atoms with Crippen LogP contribution in [0.3, 0.4) is 0 Å². The fourth-order valence-electron chi connectivity index (χ4n) is 2.04. The van der Waals surface area contributed by atoms with Crippen molar-refractivity contribution in [2.75, 3.05) is 26.8 Å². The van der Waals surface area contributed by atoms with Crippen molar-refractivity contribution in [3.63, 3.8) is 0 Å². The van der Waals surface area contributed by atoms with Crippen molar-refractivity contribution < 1.29 is 4.74 Å². The lowest BCUT2D eigenvalue weighted by molar-refractivity contribution is 0.223. The van der Waals surface area contributed by atoms with E-state index >= 15 is 0 Å². The average molecular weight is 203 g/mol. The normalized spacial score (nSPS) is 16.9. The summed E-state index contributed by atoms with van der Waals surface area (Å²) in [5, 5.41) is 3.38. The molecular weight excluding hydrogens is 186 g/mol. The zero-order valence-electron chi connectivity index (χ0n) is 9.12. The standard InChI is InChI=1S/C13H17NO/c1-15-10-12-9-14-8-7-13(12)11-5-3-2-4-6-11/h2-6,14H,7-10H2,1H3. The number of nitrogens with one attached hydrogen (secondary N) is 1. The van der Waals surface area contributed by atoms with Crippen LogP contribution in [0.15, 0.2) is 35.9 Å². The molecule has 0 aliphatic carbocycles. The van der Waals surface area contributed by atoms with Gasteiger partial charge in [-0.25, -0.2) is 0 Å². The number of methoxy groups -OCH3 is 1. The van der Waals surface area contributed by atoms with Crippen molar-refractivity contribution in [3.05, 3.63) is 41.5 Å². The fourth-order valence-corrected chi connectivity index (χ4v) is 2.04. The third-order valence-electron chi connectivity index (χ3n) is 2.76. The molecule has 2 heteroatoms. The highest BCUT2D eigenvalue weighted by atomic mass is 16.5. The second-order valence-corrected chi connectivity index (χ2v) is 3.81. The van der Waals surface area contributed by atoms with Crippen LogP contribution >= 0.6 is 0 Å². The molecule has 1 N–H and O–H groups in total. The molecule has 0 aromatic heterocycles. The Morgan fingerprint density at radius 1 is 1.27 bits per heavy atom. The maximum absolute atomic E-state index is 5.24. The van der Waals surface area contributed by atoms with Crippen LogP contribution in [0.25, 0.3) is 5.57 Å². The Morgan fingerprint density at radius 3 is 2.80 bits per heavy atom. The highest BCUT2D eigenvalue weighted by Gasteiger charge is 2.13. The monoisotopic (exact) mass is 203 g/mol. The SMILES string of the molecule is COCC1=C(c2ccccc2)CCNC1. The molecule has 2 nitrogen and oxygen atoms in total. The van der Waals surface area contributed by atoms with Crippen molar-refractivity contribution in [3.8, 4) is 0 Å². The van der Waals surface area contributed by atoms with Gasteiger partial charge in [-0.3, -0.25) is 0 Å². The summed E-state index contributed by atoms with van der Waals surface area (Å²) in [4.78, 5) is 0. The topological polar surface area (TPSA) is 21.3 Å². The zero-order valence-corrected chi connectivity index (χ0v) is 9.12. The quantitative estimate of drug-likeness (QED) is 0.812. The van der Waals surface area contributed by atoms with Gasteiger partial charge in [0, 0.05) is 13.7 Å². The summed E-state index contributed by atoms with van der Waals surface area (Å²) in [6.45, 7) is 2.76. The first-order valence-corrected chi connectivity index (χ1v) is 5.38.